The Morgan fingerprint density at radius 1 is 0.941 bits per heavy atom. The number of sulfonamides is 1. The second-order valence-corrected chi connectivity index (χ2v) is 12.2. The second kappa shape index (κ2) is 10.4. The van der Waals surface area contributed by atoms with Crippen molar-refractivity contribution in [3.05, 3.63) is 63.0 Å². The fraction of sp³-hybridized carbons (Fsp3) is 0.440. The Kier molecular flexibility index (Phi) is 8.13. The van der Waals surface area contributed by atoms with Gasteiger partial charge in [-0.05, 0) is 52.6 Å². The largest absolute Gasteiger partial charge is 0.338 e. The lowest BCUT2D eigenvalue weighted by atomic mass is 9.89. The Hall–Kier alpha value is -1.93. The van der Waals surface area contributed by atoms with Crippen LogP contribution in [-0.2, 0) is 16.6 Å². The highest BCUT2D eigenvalue weighted by Gasteiger charge is 2.31. The highest BCUT2D eigenvalue weighted by molar-refractivity contribution is 7.89. The monoisotopic (exact) mass is 523 g/mol. The standard InChI is InChI=1S/C25H31Cl2N3O3S/c1-14(2)17-10-20(15(3)4)24(21(11-17)16(5)6)34(31,32)30(7)13-23-28-25(29-33-23)19-9-8-18(26)12-22(19)27/h8-12,14-16H,13H2,1-7H3. The molecule has 1 heterocycles. The molecule has 3 aromatic rings. The van der Waals surface area contributed by atoms with Crippen molar-refractivity contribution in [2.75, 3.05) is 7.05 Å². The van der Waals surface area contributed by atoms with Gasteiger partial charge in [-0.2, -0.15) is 9.29 Å². The molecule has 34 heavy (non-hydrogen) atoms. The predicted molar refractivity (Wildman–Crippen MR) is 137 cm³/mol. The number of hydrogen-bond donors (Lipinski definition) is 0. The topological polar surface area (TPSA) is 76.3 Å². The lowest BCUT2D eigenvalue weighted by Crippen LogP contribution is -2.29. The number of nitrogens with zero attached hydrogens (tertiary/aromatic N) is 3. The van der Waals surface area contributed by atoms with E-state index >= 15 is 0 Å². The van der Waals surface area contributed by atoms with Crippen LogP contribution in [0.2, 0.25) is 10.0 Å². The zero-order valence-electron chi connectivity index (χ0n) is 20.6. The van der Waals surface area contributed by atoms with Gasteiger partial charge in [0.05, 0.1) is 16.5 Å². The molecular formula is C25H31Cl2N3O3S. The summed E-state index contributed by atoms with van der Waals surface area (Å²) < 4.78 is 34.3. The zero-order valence-corrected chi connectivity index (χ0v) is 22.9. The van der Waals surface area contributed by atoms with Crippen molar-refractivity contribution >= 4 is 33.2 Å². The van der Waals surface area contributed by atoms with Crippen LogP contribution in [-0.4, -0.2) is 29.9 Å². The maximum Gasteiger partial charge on any atom is 0.243 e. The van der Waals surface area contributed by atoms with Crippen molar-refractivity contribution < 1.29 is 12.9 Å². The highest BCUT2D eigenvalue weighted by atomic mass is 35.5. The minimum absolute atomic E-state index is 0.0384. The minimum Gasteiger partial charge on any atom is -0.338 e. The first-order chi connectivity index (χ1) is 15.8. The molecule has 0 saturated heterocycles. The van der Waals surface area contributed by atoms with E-state index in [0.717, 1.165) is 16.7 Å². The summed E-state index contributed by atoms with van der Waals surface area (Å²) >= 11 is 12.2. The van der Waals surface area contributed by atoms with E-state index in [9.17, 15) is 8.42 Å². The molecule has 0 fully saturated rings. The molecule has 1 aromatic heterocycles. The van der Waals surface area contributed by atoms with Crippen LogP contribution >= 0.6 is 23.2 Å². The van der Waals surface area contributed by atoms with Crippen molar-refractivity contribution in [2.24, 2.45) is 0 Å². The second-order valence-electron chi connectivity index (χ2n) is 9.39. The van der Waals surface area contributed by atoms with E-state index in [0.29, 0.717) is 26.4 Å². The average molecular weight is 525 g/mol. The van der Waals surface area contributed by atoms with Gasteiger partial charge in [-0.3, -0.25) is 0 Å². The molecule has 0 bridgehead atoms. The van der Waals surface area contributed by atoms with Crippen molar-refractivity contribution in [3.63, 3.8) is 0 Å². The van der Waals surface area contributed by atoms with Crippen LogP contribution in [0, 0.1) is 0 Å². The van der Waals surface area contributed by atoms with Crippen molar-refractivity contribution in [2.45, 2.75) is 70.7 Å². The third-order valence-electron chi connectivity index (χ3n) is 5.75. The van der Waals surface area contributed by atoms with E-state index in [4.69, 9.17) is 27.7 Å². The van der Waals surface area contributed by atoms with Gasteiger partial charge in [0.15, 0.2) is 0 Å². The summed E-state index contributed by atoms with van der Waals surface area (Å²) in [5, 5.41) is 4.85. The number of aromatic nitrogens is 2. The van der Waals surface area contributed by atoms with Gasteiger partial charge in [-0.25, -0.2) is 8.42 Å². The normalized spacial score (nSPS) is 12.5. The molecule has 0 radical (unpaired) electrons. The predicted octanol–water partition coefficient (Wildman–Crippen LogP) is 7.23. The Morgan fingerprint density at radius 2 is 1.53 bits per heavy atom. The van der Waals surface area contributed by atoms with Crippen LogP contribution in [0.1, 0.15) is 81.9 Å². The summed E-state index contributed by atoms with van der Waals surface area (Å²) in [6.07, 6.45) is 0. The van der Waals surface area contributed by atoms with Gasteiger partial charge < -0.3 is 4.52 Å². The van der Waals surface area contributed by atoms with E-state index in [2.05, 4.69) is 24.0 Å². The first-order valence-corrected chi connectivity index (χ1v) is 13.4. The van der Waals surface area contributed by atoms with E-state index in [1.807, 2.05) is 39.8 Å². The molecule has 0 spiro atoms. The van der Waals surface area contributed by atoms with Gasteiger partial charge in [-0.1, -0.05) is 82.0 Å². The number of hydrogen-bond acceptors (Lipinski definition) is 5. The van der Waals surface area contributed by atoms with Crippen molar-refractivity contribution in [3.8, 4) is 11.4 Å². The van der Waals surface area contributed by atoms with Crippen molar-refractivity contribution in [1.82, 2.24) is 14.4 Å². The van der Waals surface area contributed by atoms with Crippen LogP contribution in [0.15, 0.2) is 39.8 Å². The summed E-state index contributed by atoms with van der Waals surface area (Å²) in [7, 11) is -2.31. The van der Waals surface area contributed by atoms with E-state index in [1.54, 1.807) is 18.2 Å². The van der Waals surface area contributed by atoms with Crippen LogP contribution in [0.4, 0.5) is 0 Å². The lowest BCUT2D eigenvalue weighted by molar-refractivity contribution is 0.336. The van der Waals surface area contributed by atoms with Gasteiger partial charge in [-0.15, -0.1) is 0 Å². The molecule has 2 aromatic carbocycles. The maximum absolute atomic E-state index is 13.8. The first-order valence-electron chi connectivity index (χ1n) is 11.2. The van der Waals surface area contributed by atoms with Crippen LogP contribution in [0.25, 0.3) is 11.4 Å². The summed E-state index contributed by atoms with van der Waals surface area (Å²) in [6.45, 7) is 12.2. The molecule has 0 aliphatic rings. The average Bonchev–Trinajstić information content (AvgIpc) is 3.20. The summed E-state index contributed by atoms with van der Waals surface area (Å²) in [5.74, 6) is 0.812. The minimum atomic E-state index is -3.84. The van der Waals surface area contributed by atoms with Gasteiger partial charge >= 0.3 is 0 Å². The summed E-state index contributed by atoms with van der Waals surface area (Å²) in [6, 6.07) is 9.01. The Bertz CT molecular complexity index is 1260. The molecule has 0 amide bonds. The fourth-order valence-electron chi connectivity index (χ4n) is 3.72. The third-order valence-corrected chi connectivity index (χ3v) is 8.23. The molecule has 0 unspecified atom stereocenters. The molecule has 0 N–H and O–H groups in total. The lowest BCUT2D eigenvalue weighted by Gasteiger charge is -2.25. The molecule has 0 aliphatic carbocycles. The molecule has 0 saturated carbocycles. The Morgan fingerprint density at radius 3 is 2.03 bits per heavy atom. The molecule has 0 aliphatic heterocycles. The Balaban J connectivity index is 2.00. The highest BCUT2D eigenvalue weighted by Crippen LogP contribution is 2.37. The van der Waals surface area contributed by atoms with E-state index in [-0.39, 0.29) is 30.1 Å². The van der Waals surface area contributed by atoms with Crippen LogP contribution in [0.3, 0.4) is 0 Å². The molecule has 6 nitrogen and oxygen atoms in total. The third kappa shape index (κ3) is 5.48. The molecule has 3 rings (SSSR count). The fourth-order valence-corrected chi connectivity index (χ4v) is 5.99. The van der Waals surface area contributed by atoms with Crippen LogP contribution in [0.5, 0.6) is 0 Å². The smallest absolute Gasteiger partial charge is 0.243 e. The Labute approximate surface area is 212 Å². The van der Waals surface area contributed by atoms with Crippen molar-refractivity contribution in [1.29, 1.82) is 0 Å². The molecule has 9 heteroatoms. The molecular weight excluding hydrogens is 493 g/mol. The molecule has 0 atom stereocenters. The van der Waals surface area contributed by atoms with Gasteiger partial charge in [0, 0.05) is 17.6 Å². The number of rotatable bonds is 8. The number of halogens is 2. The van der Waals surface area contributed by atoms with Gasteiger partial charge in [0.25, 0.3) is 0 Å². The van der Waals surface area contributed by atoms with E-state index < -0.39 is 10.0 Å². The van der Waals surface area contributed by atoms with Gasteiger partial charge in [0.2, 0.25) is 21.7 Å². The molecule has 184 valence electrons. The zero-order chi connectivity index (χ0) is 25.4. The first kappa shape index (κ1) is 26.7. The van der Waals surface area contributed by atoms with E-state index in [1.165, 1.54) is 11.4 Å². The quantitative estimate of drug-likeness (QED) is 0.311. The van der Waals surface area contributed by atoms with Crippen LogP contribution < -0.4 is 0 Å². The SMILES string of the molecule is CC(C)c1cc(C(C)C)c(S(=O)(=O)N(C)Cc2nc(-c3ccc(Cl)cc3Cl)no2)c(C(C)C)c1. The summed E-state index contributed by atoms with van der Waals surface area (Å²) in [5.41, 5.74) is 3.33. The maximum atomic E-state index is 13.8. The summed E-state index contributed by atoms with van der Waals surface area (Å²) in [4.78, 5) is 4.72. The van der Waals surface area contributed by atoms with Gasteiger partial charge in [0.1, 0.15) is 0 Å². The number of benzene rings is 2.